The first-order valence-electron chi connectivity index (χ1n) is 27.4. The summed E-state index contributed by atoms with van der Waals surface area (Å²) in [5, 5.41) is 38.4. The average Bonchev–Trinajstić information content (AvgIpc) is 4.14. The number of nitrogens with zero attached hydrogens (tertiary/aromatic N) is 4. The van der Waals surface area contributed by atoms with Crippen molar-refractivity contribution in [2.45, 2.75) is 155 Å². The van der Waals surface area contributed by atoms with Crippen molar-refractivity contribution in [3.63, 3.8) is 0 Å². The Morgan fingerprint density at radius 1 is 0.850 bits per heavy atom. The van der Waals surface area contributed by atoms with Crippen LogP contribution in [-0.2, 0) is 49.6 Å². The van der Waals surface area contributed by atoms with Crippen LogP contribution in [0.2, 0.25) is 0 Å². The second-order valence-corrected chi connectivity index (χ2v) is 22.0. The lowest BCUT2D eigenvalue weighted by Crippen LogP contribution is -2.56. The van der Waals surface area contributed by atoms with Gasteiger partial charge >= 0.3 is 5.97 Å². The number of benzene rings is 2. The standard InChI is InChI=1S/C57H78F2N10O11/c1-34(2)49(65-45(71)18-11-8-14-27-67-46(72)23-24-47(67)73)55(78)62-35(3)52(75)64-43(56(79)80)17-12-13-26-61-53(76)37-19-21-40(30-37)63-54(77)42(60)25-28-68(48(74)33-70)51(57(4,5)6)50-38(29-36-15-9-7-10-16-36)32-69(66-50)44-31-39(58)20-22-41(44)59/h7,9-10,15-16,20,22-24,31-32,34-35,37,40,42-43,49,51,70H,8,11-14,17-19,21,25-30,33,60H2,1-6H3,(H,61,76)(H,62,78)(H,63,77)(H,64,75)(H,65,71)(H,79,80)/t35-,37+,40-,42-,43-,49-,51-/m0/s1. The highest BCUT2D eigenvalue weighted by atomic mass is 19.1. The molecule has 1 aliphatic carbocycles. The second-order valence-electron chi connectivity index (χ2n) is 22.0. The maximum atomic E-state index is 15.1. The van der Waals surface area contributed by atoms with Crippen molar-refractivity contribution in [1.82, 2.24) is 46.2 Å². The molecule has 23 heteroatoms. The van der Waals surface area contributed by atoms with Gasteiger partial charge in [0.2, 0.25) is 35.4 Å². The molecule has 1 aromatic heterocycles. The number of aliphatic hydroxyl groups excluding tert-OH is 1. The van der Waals surface area contributed by atoms with Gasteiger partial charge in [0.05, 0.1) is 17.8 Å². The number of hydrogen-bond donors (Lipinski definition) is 8. The van der Waals surface area contributed by atoms with Crippen LogP contribution >= 0.6 is 0 Å². The fraction of sp³-hybridized carbons (Fsp3) is 0.544. The van der Waals surface area contributed by atoms with Crippen LogP contribution in [0.25, 0.3) is 5.69 Å². The zero-order chi connectivity index (χ0) is 58.8. The van der Waals surface area contributed by atoms with Gasteiger partial charge in [-0.05, 0) is 93.7 Å². The number of carbonyl (C=O) groups excluding carboxylic acids is 8. The Labute approximate surface area is 465 Å². The number of carboxylic acids is 1. The molecular weight excluding hydrogens is 1040 g/mol. The smallest absolute Gasteiger partial charge is 0.326 e. The molecular formula is C57H78F2N10O11. The molecule has 0 unspecified atom stereocenters. The summed E-state index contributed by atoms with van der Waals surface area (Å²) in [6.07, 6.45) is 8.00. The van der Waals surface area contributed by atoms with Crippen LogP contribution in [0.3, 0.4) is 0 Å². The minimum absolute atomic E-state index is 0.0187. The van der Waals surface area contributed by atoms with Gasteiger partial charge in [-0.2, -0.15) is 5.10 Å². The highest BCUT2D eigenvalue weighted by Gasteiger charge is 2.39. The van der Waals surface area contributed by atoms with E-state index < -0.39 is 95.3 Å². The van der Waals surface area contributed by atoms with E-state index in [1.54, 1.807) is 20.0 Å². The normalized spacial score (nSPS) is 17.1. The number of aromatic nitrogens is 2. The number of imide groups is 1. The van der Waals surface area contributed by atoms with Gasteiger partial charge in [0, 0.05) is 74.4 Å². The van der Waals surface area contributed by atoms with Crippen LogP contribution in [-0.4, -0.2) is 139 Å². The molecule has 0 bridgehead atoms. The number of hydrogen-bond acceptors (Lipinski definition) is 12. The summed E-state index contributed by atoms with van der Waals surface area (Å²) in [5.74, 6) is -7.34. The van der Waals surface area contributed by atoms with E-state index in [2.05, 4.69) is 26.6 Å². The predicted molar refractivity (Wildman–Crippen MR) is 291 cm³/mol. The first kappa shape index (κ1) is 63.4. The van der Waals surface area contributed by atoms with E-state index in [0.717, 1.165) is 28.7 Å². The van der Waals surface area contributed by atoms with Gasteiger partial charge in [-0.25, -0.2) is 18.3 Å². The van der Waals surface area contributed by atoms with Crippen LogP contribution in [0.15, 0.2) is 66.9 Å². The Kier molecular flexibility index (Phi) is 23.6. The zero-order valence-electron chi connectivity index (χ0n) is 46.5. The van der Waals surface area contributed by atoms with Gasteiger partial charge in [0.1, 0.15) is 42.1 Å². The third-order valence-electron chi connectivity index (χ3n) is 14.3. The third-order valence-corrected chi connectivity index (χ3v) is 14.3. The number of carboxylic acid groups (broad SMARTS) is 1. The fourth-order valence-corrected chi connectivity index (χ4v) is 9.89. The number of aliphatic hydroxyl groups is 1. The highest BCUT2D eigenvalue weighted by molar-refractivity contribution is 6.12. The summed E-state index contributed by atoms with van der Waals surface area (Å²) in [6, 6.07) is 6.73. The summed E-state index contributed by atoms with van der Waals surface area (Å²) in [6.45, 7) is 10.0. The topological polar surface area (TPSA) is 305 Å². The largest absolute Gasteiger partial charge is 0.480 e. The fourth-order valence-electron chi connectivity index (χ4n) is 9.89. The molecule has 2 aliphatic rings. The van der Waals surface area contributed by atoms with Crippen LogP contribution in [0, 0.1) is 28.9 Å². The highest BCUT2D eigenvalue weighted by Crippen LogP contribution is 2.40. The molecule has 1 aliphatic heterocycles. The van der Waals surface area contributed by atoms with Crippen LogP contribution in [0.5, 0.6) is 0 Å². The van der Waals surface area contributed by atoms with E-state index in [9.17, 15) is 57.8 Å². The molecule has 8 amide bonds. The van der Waals surface area contributed by atoms with Gasteiger partial charge in [0.15, 0.2) is 0 Å². The van der Waals surface area contributed by atoms with Crippen molar-refractivity contribution < 1.29 is 62.1 Å². The molecule has 1 saturated carbocycles. The molecule has 9 N–H and O–H groups in total. The molecule has 0 saturated heterocycles. The summed E-state index contributed by atoms with van der Waals surface area (Å²) < 4.78 is 30.8. The Balaban J connectivity index is 1.05. The summed E-state index contributed by atoms with van der Waals surface area (Å²) >= 11 is 0. The van der Waals surface area contributed by atoms with Crippen LogP contribution in [0.1, 0.15) is 135 Å². The maximum absolute atomic E-state index is 15.1. The molecule has 0 radical (unpaired) electrons. The monoisotopic (exact) mass is 1120 g/mol. The minimum Gasteiger partial charge on any atom is -0.480 e. The molecule has 1 fully saturated rings. The zero-order valence-corrected chi connectivity index (χ0v) is 46.5. The Hall–Kier alpha value is -7.40. The van der Waals surface area contributed by atoms with Crippen molar-refractivity contribution in [2.24, 2.45) is 23.0 Å². The number of rotatable bonds is 30. The maximum Gasteiger partial charge on any atom is 0.326 e. The summed E-state index contributed by atoms with van der Waals surface area (Å²) in [5.41, 5.74) is 7.48. The number of carbonyl (C=O) groups is 9. The van der Waals surface area contributed by atoms with E-state index in [4.69, 9.17) is 10.8 Å². The Morgan fingerprint density at radius 3 is 2.20 bits per heavy atom. The lowest BCUT2D eigenvalue weighted by molar-refractivity contribution is -0.142. The Morgan fingerprint density at radius 2 is 1.55 bits per heavy atom. The van der Waals surface area contributed by atoms with E-state index in [0.29, 0.717) is 69.0 Å². The molecule has 21 nitrogen and oxygen atoms in total. The quantitative estimate of drug-likeness (QED) is 0.0350. The minimum atomic E-state index is -1.29. The van der Waals surface area contributed by atoms with Crippen molar-refractivity contribution in [2.75, 3.05) is 26.2 Å². The lowest BCUT2D eigenvalue weighted by atomic mass is 9.81. The van der Waals surface area contributed by atoms with E-state index in [1.165, 1.54) is 28.7 Å². The SMILES string of the molecule is CC(C)[C@H](NC(=O)CCCCCN1C(=O)C=CC1=O)C(=O)N[C@@H](C)C(=O)N[C@@H](CCCCNC(=O)[C@@H]1CC[C@H](NC(=O)[C@@H](N)CCN(C(=O)CO)[C@@H](c2nn(-c3cc(F)ccc3F)cc2Cc2ccccc2)C(C)(C)C)C1)C(=O)O. The first-order chi connectivity index (χ1) is 37.9. The number of amides is 8. The van der Waals surface area contributed by atoms with Gasteiger partial charge in [-0.1, -0.05) is 71.4 Å². The molecule has 0 spiro atoms. The van der Waals surface area contributed by atoms with Crippen LogP contribution < -0.4 is 32.3 Å². The van der Waals surface area contributed by atoms with E-state index in [-0.39, 0.29) is 74.3 Å². The third kappa shape index (κ3) is 18.3. The van der Waals surface area contributed by atoms with E-state index >= 15 is 4.39 Å². The number of nitrogens with two attached hydrogens (primary N) is 1. The second kappa shape index (κ2) is 29.7. The average molecular weight is 1120 g/mol. The van der Waals surface area contributed by atoms with Crippen molar-refractivity contribution in [1.29, 1.82) is 0 Å². The molecule has 436 valence electrons. The number of halogens is 2. The number of unbranched alkanes of at least 4 members (excludes halogenated alkanes) is 3. The summed E-state index contributed by atoms with van der Waals surface area (Å²) in [4.78, 5) is 117. The molecule has 7 atom stereocenters. The van der Waals surface area contributed by atoms with Crippen molar-refractivity contribution in [3.05, 3.63) is 95.3 Å². The predicted octanol–water partition coefficient (Wildman–Crippen LogP) is 3.64. The Bertz CT molecular complexity index is 2690. The van der Waals surface area contributed by atoms with Gasteiger partial charge in [-0.3, -0.25) is 43.3 Å². The molecule has 80 heavy (non-hydrogen) atoms. The lowest BCUT2D eigenvalue weighted by Gasteiger charge is -2.40. The van der Waals surface area contributed by atoms with Gasteiger partial charge < -0.3 is 47.4 Å². The molecule has 5 rings (SSSR count). The van der Waals surface area contributed by atoms with Gasteiger partial charge in [0.25, 0.3) is 11.8 Å². The van der Waals surface area contributed by atoms with Gasteiger partial charge in [-0.15, -0.1) is 0 Å². The van der Waals surface area contributed by atoms with E-state index in [1.807, 2.05) is 51.1 Å². The molecule has 3 aromatic rings. The van der Waals surface area contributed by atoms with Crippen molar-refractivity contribution >= 4 is 53.2 Å². The molecule has 2 aromatic carbocycles. The van der Waals surface area contributed by atoms with Crippen LogP contribution in [0.4, 0.5) is 8.78 Å². The summed E-state index contributed by atoms with van der Waals surface area (Å²) in [7, 11) is 0. The molecule has 2 heterocycles. The number of nitrogens with one attached hydrogen (secondary N) is 5. The van der Waals surface area contributed by atoms with Crippen molar-refractivity contribution in [3.8, 4) is 5.69 Å². The number of aliphatic carboxylic acids is 1. The first-order valence-corrected chi connectivity index (χ1v) is 27.4.